The lowest BCUT2D eigenvalue weighted by atomic mass is 9.93. The van der Waals surface area contributed by atoms with Crippen LogP contribution in [0.2, 0.25) is 0 Å². The average Bonchev–Trinajstić information content (AvgIpc) is 3.34. The van der Waals surface area contributed by atoms with Crippen LogP contribution in [-0.2, 0) is 0 Å². The van der Waals surface area contributed by atoms with Crippen molar-refractivity contribution < 1.29 is 5.11 Å². The second-order valence-electron chi connectivity index (χ2n) is 7.01. The molecule has 114 valence electrons. The van der Waals surface area contributed by atoms with Gasteiger partial charge in [0.05, 0.1) is 12.4 Å². The molecule has 2 unspecified atom stereocenters. The van der Waals surface area contributed by atoms with Crippen LogP contribution < -0.4 is 11.3 Å². The second kappa shape index (κ2) is 3.43. The van der Waals surface area contributed by atoms with E-state index in [9.17, 15) is 9.90 Å². The number of fused-ring (bicyclic) bond motifs is 1. The van der Waals surface area contributed by atoms with E-state index in [1.165, 1.54) is 5.57 Å². The van der Waals surface area contributed by atoms with Crippen LogP contribution in [0.5, 0.6) is 0 Å². The van der Waals surface area contributed by atoms with Crippen molar-refractivity contribution in [3.63, 3.8) is 0 Å². The van der Waals surface area contributed by atoms with E-state index in [0.717, 1.165) is 25.7 Å². The predicted molar refractivity (Wildman–Crippen MR) is 80.1 cm³/mol. The number of imidazole rings is 1. The molecule has 0 saturated heterocycles. The Kier molecular flexibility index (Phi) is 1.93. The van der Waals surface area contributed by atoms with Crippen LogP contribution in [0.15, 0.2) is 23.3 Å². The van der Waals surface area contributed by atoms with Crippen LogP contribution in [0.25, 0.3) is 11.2 Å². The highest BCUT2D eigenvalue weighted by Gasteiger charge is 2.72. The zero-order valence-corrected chi connectivity index (χ0v) is 12.0. The molecule has 3 saturated carbocycles. The van der Waals surface area contributed by atoms with Crippen molar-refractivity contribution in [1.29, 1.82) is 0 Å². The monoisotopic (exact) mass is 299 g/mol. The smallest absolute Gasteiger partial charge is 0.280 e. The minimum absolute atomic E-state index is 0.0466. The zero-order valence-electron chi connectivity index (χ0n) is 12.0. The number of nitrogens with two attached hydrogens (primary N) is 1. The first-order valence-corrected chi connectivity index (χ1v) is 7.58. The molecule has 0 aromatic carbocycles. The van der Waals surface area contributed by atoms with Crippen LogP contribution in [0.4, 0.5) is 5.95 Å². The Hall–Kier alpha value is -2.15. The van der Waals surface area contributed by atoms with Crippen LogP contribution in [-0.4, -0.2) is 30.7 Å². The third-order valence-electron chi connectivity index (χ3n) is 6.01. The molecule has 7 nitrogen and oxygen atoms in total. The van der Waals surface area contributed by atoms with Crippen molar-refractivity contribution in [2.24, 2.45) is 10.8 Å². The molecule has 3 atom stereocenters. The number of anilines is 1. The summed E-state index contributed by atoms with van der Waals surface area (Å²) in [7, 11) is 0. The normalized spacial score (nSPS) is 34.9. The number of nitrogens with one attached hydrogen (secondary N) is 1. The molecule has 0 amide bonds. The van der Waals surface area contributed by atoms with E-state index in [2.05, 4.69) is 21.5 Å². The van der Waals surface area contributed by atoms with Crippen molar-refractivity contribution in [2.45, 2.75) is 37.8 Å². The summed E-state index contributed by atoms with van der Waals surface area (Å²) >= 11 is 0. The van der Waals surface area contributed by atoms with Crippen LogP contribution >= 0.6 is 0 Å². The first-order chi connectivity index (χ1) is 10.5. The van der Waals surface area contributed by atoms with Gasteiger partial charge in [-0.05, 0) is 25.7 Å². The minimum Gasteiger partial charge on any atom is -0.392 e. The topological polar surface area (TPSA) is 110 Å². The van der Waals surface area contributed by atoms with Gasteiger partial charge in [0.1, 0.15) is 0 Å². The second-order valence-corrected chi connectivity index (χ2v) is 7.01. The molecule has 0 aliphatic heterocycles. The largest absolute Gasteiger partial charge is 0.392 e. The van der Waals surface area contributed by atoms with Gasteiger partial charge in [-0.15, -0.1) is 0 Å². The molecule has 7 heteroatoms. The number of hydrogen-bond acceptors (Lipinski definition) is 5. The fourth-order valence-corrected chi connectivity index (χ4v) is 4.50. The van der Waals surface area contributed by atoms with Gasteiger partial charge in [0.25, 0.3) is 5.56 Å². The van der Waals surface area contributed by atoms with Gasteiger partial charge in [0.2, 0.25) is 5.95 Å². The quantitative estimate of drug-likeness (QED) is 0.673. The number of aromatic nitrogens is 4. The van der Waals surface area contributed by atoms with E-state index >= 15 is 0 Å². The number of aliphatic hydroxyl groups excluding tert-OH is 1. The SMILES string of the molecule is C=C1C2(CC2n2cnc3c(=O)[nH]c(N)nc32)C[C@H](O)C12CC2. The zero-order chi connectivity index (χ0) is 15.3. The Labute approximate surface area is 125 Å². The van der Waals surface area contributed by atoms with Crippen LogP contribution in [0.1, 0.15) is 31.7 Å². The summed E-state index contributed by atoms with van der Waals surface area (Å²) < 4.78 is 1.93. The Morgan fingerprint density at radius 1 is 1.41 bits per heavy atom. The van der Waals surface area contributed by atoms with Gasteiger partial charge < -0.3 is 15.4 Å². The number of aliphatic hydroxyl groups is 1. The number of nitrogens with zero attached hydrogens (tertiary/aromatic N) is 3. The molecule has 22 heavy (non-hydrogen) atoms. The Morgan fingerprint density at radius 3 is 2.86 bits per heavy atom. The highest BCUT2D eigenvalue weighted by atomic mass is 16.3. The summed E-state index contributed by atoms with van der Waals surface area (Å²) in [4.78, 5) is 22.8. The Balaban J connectivity index is 1.61. The van der Waals surface area contributed by atoms with E-state index in [4.69, 9.17) is 5.73 Å². The molecule has 3 aliphatic rings. The highest BCUT2D eigenvalue weighted by Crippen LogP contribution is 2.77. The van der Waals surface area contributed by atoms with Gasteiger partial charge >= 0.3 is 0 Å². The maximum atomic E-state index is 11.9. The van der Waals surface area contributed by atoms with E-state index in [1.807, 2.05) is 4.57 Å². The maximum absolute atomic E-state index is 11.9. The van der Waals surface area contributed by atoms with Crippen molar-refractivity contribution in [1.82, 2.24) is 19.5 Å². The Morgan fingerprint density at radius 2 is 2.18 bits per heavy atom. The predicted octanol–water partition coefficient (Wildman–Crippen LogP) is 0.734. The molecule has 5 rings (SSSR count). The number of rotatable bonds is 1. The lowest BCUT2D eigenvalue weighted by Crippen LogP contribution is -2.14. The molecule has 2 aromatic heterocycles. The van der Waals surface area contributed by atoms with Crippen LogP contribution in [0.3, 0.4) is 0 Å². The molecule has 0 radical (unpaired) electrons. The molecule has 0 bridgehead atoms. The lowest BCUT2D eigenvalue weighted by Gasteiger charge is -2.15. The number of hydrogen-bond donors (Lipinski definition) is 3. The molecule has 3 aliphatic carbocycles. The fourth-order valence-electron chi connectivity index (χ4n) is 4.50. The molecule has 4 N–H and O–H groups in total. The average molecular weight is 299 g/mol. The van der Waals surface area contributed by atoms with E-state index in [0.29, 0.717) is 11.2 Å². The van der Waals surface area contributed by atoms with Crippen molar-refractivity contribution >= 4 is 17.1 Å². The summed E-state index contributed by atoms with van der Waals surface area (Å²) in [6, 6.07) is 0.160. The number of aromatic amines is 1. The van der Waals surface area contributed by atoms with Crippen molar-refractivity contribution in [3.05, 3.63) is 28.8 Å². The molecule has 2 aromatic rings. The van der Waals surface area contributed by atoms with Gasteiger partial charge in [-0.2, -0.15) is 4.98 Å². The first kappa shape index (κ1) is 12.4. The standard InChI is InChI=1S/C15H17N5O2/c1-7-14(2-3-14)9(21)5-15(7)4-8(15)20-6-17-10-11(20)18-13(16)19-12(10)22/h6,8-9,21H,1-5H2,(H3,16,18,19,22)/t8?,9-,15?/m0/s1. The number of nitrogen functional groups attached to an aromatic ring is 1. The third kappa shape index (κ3) is 1.24. The molecular weight excluding hydrogens is 282 g/mol. The molecular formula is C15H17N5O2. The number of H-pyrrole nitrogens is 1. The summed E-state index contributed by atoms with van der Waals surface area (Å²) in [5, 5.41) is 10.4. The summed E-state index contributed by atoms with van der Waals surface area (Å²) in [6.07, 6.45) is 5.11. The lowest BCUT2D eigenvalue weighted by molar-refractivity contribution is 0.125. The fraction of sp³-hybridized carbons (Fsp3) is 0.533. The van der Waals surface area contributed by atoms with E-state index in [1.54, 1.807) is 6.33 Å². The van der Waals surface area contributed by atoms with Gasteiger partial charge in [-0.1, -0.05) is 12.2 Å². The van der Waals surface area contributed by atoms with Crippen molar-refractivity contribution in [3.8, 4) is 0 Å². The van der Waals surface area contributed by atoms with Crippen molar-refractivity contribution in [2.75, 3.05) is 5.73 Å². The minimum atomic E-state index is -0.320. The maximum Gasteiger partial charge on any atom is 0.280 e. The third-order valence-corrected chi connectivity index (χ3v) is 6.01. The summed E-state index contributed by atoms with van der Waals surface area (Å²) in [5.41, 5.74) is 7.22. The Bertz CT molecular complexity index is 893. The van der Waals surface area contributed by atoms with Gasteiger partial charge in [0, 0.05) is 16.9 Å². The van der Waals surface area contributed by atoms with E-state index in [-0.39, 0.29) is 34.5 Å². The summed E-state index contributed by atoms with van der Waals surface area (Å²) in [5.74, 6) is 0.0953. The molecule has 2 heterocycles. The van der Waals surface area contributed by atoms with Gasteiger partial charge in [-0.3, -0.25) is 9.78 Å². The van der Waals surface area contributed by atoms with Gasteiger partial charge in [0.15, 0.2) is 11.2 Å². The first-order valence-electron chi connectivity index (χ1n) is 7.58. The van der Waals surface area contributed by atoms with Gasteiger partial charge in [-0.25, -0.2) is 4.98 Å². The van der Waals surface area contributed by atoms with E-state index < -0.39 is 0 Å². The molecule has 2 spiro atoms. The molecule has 3 fully saturated rings. The summed E-state index contributed by atoms with van der Waals surface area (Å²) in [6.45, 7) is 4.30. The highest BCUT2D eigenvalue weighted by molar-refractivity contribution is 5.71. The van der Waals surface area contributed by atoms with Crippen LogP contribution in [0, 0.1) is 10.8 Å².